The summed E-state index contributed by atoms with van der Waals surface area (Å²) >= 11 is 0. The van der Waals surface area contributed by atoms with Gasteiger partial charge in [0.05, 0.1) is 23.6 Å². The number of imidazole rings is 1. The first-order chi connectivity index (χ1) is 5.93. The van der Waals surface area contributed by atoms with Crippen LogP contribution in [0.15, 0.2) is 18.6 Å². The Morgan fingerprint density at radius 2 is 2.25 bits per heavy atom. The van der Waals surface area contributed by atoms with Crippen molar-refractivity contribution in [2.24, 2.45) is 0 Å². The number of aromatic amines is 1. The lowest BCUT2D eigenvalue weighted by Crippen LogP contribution is -1.84. The molecule has 0 bridgehead atoms. The first kappa shape index (κ1) is 6.17. The summed E-state index contributed by atoms with van der Waals surface area (Å²) in [4.78, 5) is 11.6. The molecule has 3 heteroatoms. The van der Waals surface area contributed by atoms with Gasteiger partial charge in [0.15, 0.2) is 0 Å². The zero-order valence-corrected chi connectivity index (χ0v) is 6.62. The van der Waals surface area contributed by atoms with Gasteiger partial charge in [-0.15, -0.1) is 0 Å². The molecule has 0 radical (unpaired) electrons. The van der Waals surface area contributed by atoms with Crippen molar-refractivity contribution in [1.82, 2.24) is 15.0 Å². The Hall–Kier alpha value is -1.38. The highest BCUT2D eigenvalue weighted by molar-refractivity contribution is 5.73. The third-order valence-corrected chi connectivity index (χ3v) is 2.32. The molecule has 1 aliphatic rings. The Labute approximate surface area is 69.9 Å². The van der Waals surface area contributed by atoms with Crippen LogP contribution in [0.1, 0.15) is 24.5 Å². The molecule has 12 heavy (non-hydrogen) atoms. The van der Waals surface area contributed by atoms with E-state index in [1.54, 1.807) is 6.33 Å². The lowest BCUT2D eigenvalue weighted by atomic mass is 10.2. The fraction of sp³-hybridized carbons (Fsp3) is 0.333. The van der Waals surface area contributed by atoms with Crippen molar-refractivity contribution >= 4 is 11.0 Å². The summed E-state index contributed by atoms with van der Waals surface area (Å²) in [5.41, 5.74) is 3.26. The van der Waals surface area contributed by atoms with Crippen LogP contribution >= 0.6 is 0 Å². The highest BCUT2D eigenvalue weighted by Crippen LogP contribution is 2.39. The molecule has 1 aliphatic carbocycles. The molecule has 1 N–H and O–H groups in total. The number of aromatic nitrogens is 3. The molecule has 0 unspecified atom stereocenters. The highest BCUT2D eigenvalue weighted by Gasteiger charge is 2.24. The van der Waals surface area contributed by atoms with Crippen LogP contribution in [0.3, 0.4) is 0 Å². The van der Waals surface area contributed by atoms with Crippen molar-refractivity contribution < 1.29 is 0 Å². The molecule has 3 nitrogen and oxygen atoms in total. The maximum Gasteiger partial charge on any atom is 0.0932 e. The first-order valence-corrected chi connectivity index (χ1v) is 4.22. The monoisotopic (exact) mass is 159 g/mol. The Kier molecular flexibility index (Phi) is 1.06. The number of hydrogen-bond acceptors (Lipinski definition) is 2. The summed E-state index contributed by atoms with van der Waals surface area (Å²) in [6.45, 7) is 0. The molecular formula is C9H9N3. The number of H-pyrrole nitrogens is 1. The van der Waals surface area contributed by atoms with Crippen LogP contribution in [0.25, 0.3) is 11.0 Å². The molecule has 2 heterocycles. The van der Waals surface area contributed by atoms with Crippen molar-refractivity contribution in [1.29, 1.82) is 0 Å². The van der Waals surface area contributed by atoms with E-state index in [-0.39, 0.29) is 0 Å². The maximum atomic E-state index is 4.37. The van der Waals surface area contributed by atoms with Crippen molar-refractivity contribution in [3.8, 4) is 0 Å². The van der Waals surface area contributed by atoms with Gasteiger partial charge in [-0.05, 0) is 18.9 Å². The molecule has 2 aromatic rings. The summed E-state index contributed by atoms with van der Waals surface area (Å²) in [7, 11) is 0. The Bertz CT molecular complexity index is 414. The van der Waals surface area contributed by atoms with E-state index in [0.717, 1.165) is 11.0 Å². The fourth-order valence-electron chi connectivity index (χ4n) is 1.45. The summed E-state index contributed by atoms with van der Waals surface area (Å²) < 4.78 is 0. The van der Waals surface area contributed by atoms with E-state index in [0.29, 0.717) is 5.92 Å². The SMILES string of the molecule is c1nc2cc(C3CC3)ncc2[nH]1. The smallest absolute Gasteiger partial charge is 0.0932 e. The van der Waals surface area contributed by atoms with Crippen LogP contribution in [0.2, 0.25) is 0 Å². The summed E-state index contributed by atoms with van der Waals surface area (Å²) in [5.74, 6) is 0.714. The van der Waals surface area contributed by atoms with Crippen LogP contribution in [-0.2, 0) is 0 Å². The predicted octanol–water partition coefficient (Wildman–Crippen LogP) is 1.84. The lowest BCUT2D eigenvalue weighted by molar-refractivity contribution is 1.03. The van der Waals surface area contributed by atoms with E-state index in [2.05, 4.69) is 21.0 Å². The highest BCUT2D eigenvalue weighted by atomic mass is 14.9. The maximum absolute atomic E-state index is 4.37. The van der Waals surface area contributed by atoms with E-state index < -0.39 is 0 Å². The van der Waals surface area contributed by atoms with Crippen molar-refractivity contribution in [3.63, 3.8) is 0 Å². The zero-order chi connectivity index (χ0) is 7.97. The predicted molar refractivity (Wildman–Crippen MR) is 45.9 cm³/mol. The van der Waals surface area contributed by atoms with Crippen LogP contribution < -0.4 is 0 Å². The van der Waals surface area contributed by atoms with Crippen LogP contribution in [0, 0.1) is 0 Å². The van der Waals surface area contributed by atoms with Crippen LogP contribution in [0.4, 0.5) is 0 Å². The van der Waals surface area contributed by atoms with E-state index >= 15 is 0 Å². The van der Waals surface area contributed by atoms with Gasteiger partial charge in [-0.3, -0.25) is 4.98 Å². The molecule has 0 spiro atoms. The van der Waals surface area contributed by atoms with E-state index in [1.807, 2.05) is 6.20 Å². The van der Waals surface area contributed by atoms with Crippen molar-refractivity contribution in [2.45, 2.75) is 18.8 Å². The van der Waals surface area contributed by atoms with Crippen LogP contribution in [0.5, 0.6) is 0 Å². The molecule has 1 fully saturated rings. The number of nitrogens with zero attached hydrogens (tertiary/aromatic N) is 2. The first-order valence-electron chi connectivity index (χ1n) is 4.22. The second kappa shape index (κ2) is 2.06. The molecule has 0 aromatic carbocycles. The molecule has 3 rings (SSSR count). The van der Waals surface area contributed by atoms with Gasteiger partial charge in [-0.2, -0.15) is 0 Å². The average molecular weight is 159 g/mol. The molecule has 0 atom stereocenters. The Morgan fingerprint density at radius 3 is 3.08 bits per heavy atom. The molecule has 1 saturated carbocycles. The minimum absolute atomic E-state index is 0.714. The van der Waals surface area contributed by atoms with Gasteiger partial charge < -0.3 is 4.98 Å². The van der Waals surface area contributed by atoms with Crippen molar-refractivity contribution in [2.75, 3.05) is 0 Å². The number of hydrogen-bond donors (Lipinski definition) is 1. The number of pyridine rings is 1. The standard InChI is InChI=1S/C9H9N3/c1-2-6(1)7-3-8-9(4-10-7)12-5-11-8/h3-6H,1-2H2,(H,11,12). The second-order valence-electron chi connectivity index (χ2n) is 3.30. The summed E-state index contributed by atoms with van der Waals surface area (Å²) in [6.07, 6.45) is 6.17. The van der Waals surface area contributed by atoms with Gasteiger partial charge in [0, 0.05) is 11.6 Å². The number of nitrogens with one attached hydrogen (secondary N) is 1. The van der Waals surface area contributed by atoms with Gasteiger partial charge in [-0.1, -0.05) is 0 Å². The van der Waals surface area contributed by atoms with E-state index in [4.69, 9.17) is 0 Å². The molecule has 0 saturated heterocycles. The normalized spacial score (nSPS) is 17.0. The Morgan fingerprint density at radius 1 is 1.33 bits per heavy atom. The summed E-state index contributed by atoms with van der Waals surface area (Å²) in [5, 5.41) is 0. The second-order valence-corrected chi connectivity index (χ2v) is 3.30. The third-order valence-electron chi connectivity index (χ3n) is 2.32. The lowest BCUT2D eigenvalue weighted by Gasteiger charge is -1.94. The Balaban J connectivity index is 2.21. The van der Waals surface area contributed by atoms with Crippen LogP contribution in [-0.4, -0.2) is 15.0 Å². The van der Waals surface area contributed by atoms with Gasteiger partial charge in [0.25, 0.3) is 0 Å². The van der Waals surface area contributed by atoms with E-state index in [9.17, 15) is 0 Å². The topological polar surface area (TPSA) is 41.6 Å². The number of rotatable bonds is 1. The van der Waals surface area contributed by atoms with Gasteiger partial charge >= 0.3 is 0 Å². The molecular weight excluding hydrogens is 150 g/mol. The van der Waals surface area contributed by atoms with E-state index in [1.165, 1.54) is 18.5 Å². The fourth-order valence-corrected chi connectivity index (χ4v) is 1.45. The average Bonchev–Trinajstić information content (AvgIpc) is 2.84. The van der Waals surface area contributed by atoms with Gasteiger partial charge in [-0.25, -0.2) is 4.98 Å². The summed E-state index contributed by atoms with van der Waals surface area (Å²) in [6, 6.07) is 2.09. The zero-order valence-electron chi connectivity index (χ0n) is 6.62. The molecule has 0 aliphatic heterocycles. The molecule has 0 amide bonds. The third kappa shape index (κ3) is 0.826. The minimum atomic E-state index is 0.714. The quantitative estimate of drug-likeness (QED) is 0.689. The van der Waals surface area contributed by atoms with Gasteiger partial charge in [0.1, 0.15) is 0 Å². The molecule has 60 valence electrons. The largest absolute Gasteiger partial charge is 0.343 e. The number of fused-ring (bicyclic) bond motifs is 1. The van der Waals surface area contributed by atoms with Gasteiger partial charge in [0.2, 0.25) is 0 Å². The minimum Gasteiger partial charge on any atom is -0.343 e. The molecule has 2 aromatic heterocycles. The van der Waals surface area contributed by atoms with Crippen molar-refractivity contribution in [3.05, 3.63) is 24.3 Å².